The van der Waals surface area contributed by atoms with E-state index in [1.165, 1.54) is 11.3 Å². The monoisotopic (exact) mass is 495 g/mol. The lowest BCUT2D eigenvalue weighted by Crippen LogP contribution is -2.21. The molecule has 0 aliphatic heterocycles. The van der Waals surface area contributed by atoms with Gasteiger partial charge in [-0.15, -0.1) is 11.3 Å². The van der Waals surface area contributed by atoms with Gasteiger partial charge in [-0.3, -0.25) is 4.79 Å². The number of hydrogen-bond donors (Lipinski definition) is 1. The van der Waals surface area contributed by atoms with Crippen LogP contribution in [0.3, 0.4) is 0 Å². The molecular weight excluding hydrogens is 474 g/mol. The maximum atomic E-state index is 13.3. The summed E-state index contributed by atoms with van der Waals surface area (Å²) in [5.41, 5.74) is 5.15. The minimum absolute atomic E-state index is 0.369. The highest BCUT2D eigenvalue weighted by molar-refractivity contribution is 7.14. The largest absolute Gasteiger partial charge is 0.497 e. The van der Waals surface area contributed by atoms with Gasteiger partial charge < -0.3 is 14.8 Å². The first-order valence-corrected chi connectivity index (χ1v) is 12.2. The molecule has 0 saturated heterocycles. The number of ether oxygens (including phenoxy) is 2. The molecule has 178 valence electrons. The summed E-state index contributed by atoms with van der Waals surface area (Å²) in [6.07, 6.45) is 3.46. The van der Waals surface area contributed by atoms with E-state index >= 15 is 0 Å². The second-order valence-electron chi connectivity index (χ2n) is 8.17. The zero-order valence-electron chi connectivity index (χ0n) is 19.4. The normalized spacial score (nSPS) is 13.3. The van der Waals surface area contributed by atoms with E-state index < -0.39 is 18.5 Å². The van der Waals surface area contributed by atoms with Crippen LogP contribution in [0.2, 0.25) is 0 Å². The van der Waals surface area contributed by atoms with E-state index in [-0.39, 0.29) is 0 Å². The van der Waals surface area contributed by atoms with Crippen molar-refractivity contribution >= 4 is 50.8 Å². The molecule has 36 heavy (non-hydrogen) atoms. The lowest BCUT2D eigenvalue weighted by atomic mass is 10.0. The third kappa shape index (κ3) is 4.57. The number of rotatable bonds is 6. The van der Waals surface area contributed by atoms with Crippen LogP contribution in [-0.4, -0.2) is 30.6 Å². The number of para-hydroxylation sites is 1. The van der Waals surface area contributed by atoms with Crippen LogP contribution < -0.4 is 10.1 Å². The number of pyridine rings is 1. The topological polar surface area (TPSA) is 101 Å². The molecule has 1 aliphatic rings. The molecule has 0 unspecified atom stereocenters. The Hall–Kier alpha value is -4.48. The zero-order chi connectivity index (χ0) is 25.1. The maximum Gasteiger partial charge on any atom is 0.339 e. The van der Waals surface area contributed by atoms with Crippen LogP contribution in [0.5, 0.6) is 5.75 Å². The number of carbonyl (C=O) groups excluding carboxylic acids is 2. The minimum atomic E-state index is -0.572. The first-order valence-electron chi connectivity index (χ1n) is 11.3. The Morgan fingerprint density at radius 3 is 2.72 bits per heavy atom. The Bertz CT molecular complexity index is 1550. The number of fused-ring (bicyclic) bond motifs is 2. The van der Waals surface area contributed by atoms with E-state index in [0.29, 0.717) is 33.5 Å². The zero-order valence-corrected chi connectivity index (χ0v) is 20.2. The predicted molar refractivity (Wildman–Crippen MR) is 139 cm³/mol. The molecule has 0 bridgehead atoms. The molecule has 5 rings (SSSR count). The van der Waals surface area contributed by atoms with Gasteiger partial charge in [-0.1, -0.05) is 30.3 Å². The molecule has 0 radical (unpaired) electrons. The Kier molecular flexibility index (Phi) is 6.48. The van der Waals surface area contributed by atoms with Crippen molar-refractivity contribution in [3.8, 4) is 11.8 Å². The summed E-state index contributed by atoms with van der Waals surface area (Å²) in [5, 5.41) is 14.6. The second kappa shape index (κ2) is 10.0. The van der Waals surface area contributed by atoms with Gasteiger partial charge >= 0.3 is 5.97 Å². The summed E-state index contributed by atoms with van der Waals surface area (Å²) in [6.45, 7) is -0.457. The quantitative estimate of drug-likeness (QED) is 0.357. The lowest BCUT2D eigenvalue weighted by molar-refractivity contribution is -0.119. The number of aromatic nitrogens is 1. The van der Waals surface area contributed by atoms with Gasteiger partial charge in [-0.2, -0.15) is 5.26 Å². The molecule has 2 heterocycles. The van der Waals surface area contributed by atoms with Gasteiger partial charge in [0.1, 0.15) is 16.8 Å². The summed E-state index contributed by atoms with van der Waals surface area (Å²) in [7, 11) is 1.63. The Morgan fingerprint density at radius 1 is 1.14 bits per heavy atom. The fourth-order valence-electron chi connectivity index (χ4n) is 4.27. The molecule has 1 amide bonds. The SMILES string of the molecule is COc1ccc(/C=C2\CCc3c2nc2ccccc2c3C(=O)OCC(=O)Nc2sccc2C#N)cc1. The van der Waals surface area contributed by atoms with E-state index in [1.54, 1.807) is 18.6 Å². The van der Waals surface area contributed by atoms with Crippen LogP contribution in [0.25, 0.3) is 22.6 Å². The smallest absolute Gasteiger partial charge is 0.339 e. The standard InChI is InChI=1S/C28H21N3O4S/c1-34-20-9-6-17(7-10-20)14-18-8-11-22-25(21-4-2-3-5-23(21)30-26(18)22)28(33)35-16-24(32)31-27-19(15-29)12-13-36-27/h2-7,9-10,12-14H,8,11,16H2,1H3,(H,31,32)/b18-14+. The van der Waals surface area contributed by atoms with Gasteiger partial charge in [-0.25, -0.2) is 9.78 Å². The number of anilines is 1. The number of carbonyl (C=O) groups is 2. The molecule has 1 N–H and O–H groups in total. The van der Waals surface area contributed by atoms with Crippen molar-refractivity contribution in [3.05, 3.63) is 87.9 Å². The molecule has 0 saturated carbocycles. The highest BCUT2D eigenvalue weighted by Gasteiger charge is 2.28. The van der Waals surface area contributed by atoms with Crippen molar-refractivity contribution in [3.63, 3.8) is 0 Å². The number of thiophene rings is 1. The van der Waals surface area contributed by atoms with E-state index in [1.807, 2.05) is 54.6 Å². The van der Waals surface area contributed by atoms with Gasteiger partial charge in [0.25, 0.3) is 5.91 Å². The van der Waals surface area contributed by atoms with Crippen LogP contribution in [0, 0.1) is 11.3 Å². The van der Waals surface area contributed by atoms with E-state index in [2.05, 4.69) is 11.4 Å². The van der Waals surface area contributed by atoms with Crippen molar-refractivity contribution in [1.29, 1.82) is 5.26 Å². The Labute approximate surface area is 211 Å². The maximum absolute atomic E-state index is 13.3. The van der Waals surface area contributed by atoms with Crippen LogP contribution in [-0.2, 0) is 16.0 Å². The third-order valence-electron chi connectivity index (χ3n) is 5.98. The minimum Gasteiger partial charge on any atom is -0.497 e. The number of esters is 1. The van der Waals surface area contributed by atoms with Crippen molar-refractivity contribution < 1.29 is 19.1 Å². The Morgan fingerprint density at radius 2 is 1.94 bits per heavy atom. The molecule has 1 aliphatic carbocycles. The van der Waals surface area contributed by atoms with Gasteiger partial charge in [0, 0.05) is 5.39 Å². The molecule has 8 heteroatoms. The molecular formula is C28H21N3O4S. The van der Waals surface area contributed by atoms with Gasteiger partial charge in [-0.05, 0) is 65.3 Å². The van der Waals surface area contributed by atoms with Crippen molar-refractivity contribution in [2.24, 2.45) is 0 Å². The van der Waals surface area contributed by atoms with Crippen LogP contribution in [0.1, 0.15) is 39.2 Å². The molecule has 2 aromatic heterocycles. The van der Waals surface area contributed by atoms with Crippen LogP contribution in [0.4, 0.5) is 5.00 Å². The lowest BCUT2D eigenvalue weighted by Gasteiger charge is -2.12. The molecule has 0 spiro atoms. The fraction of sp³-hybridized carbons (Fsp3) is 0.143. The summed E-state index contributed by atoms with van der Waals surface area (Å²) in [6, 6.07) is 18.8. The first kappa shape index (κ1) is 23.3. The number of hydrogen-bond acceptors (Lipinski definition) is 7. The highest BCUT2D eigenvalue weighted by Crippen LogP contribution is 2.38. The summed E-state index contributed by atoms with van der Waals surface area (Å²) in [5.74, 6) is -0.292. The fourth-order valence-corrected chi connectivity index (χ4v) is 5.03. The van der Waals surface area contributed by atoms with E-state index in [0.717, 1.165) is 34.6 Å². The Balaban J connectivity index is 1.43. The number of nitrogens with zero attached hydrogens (tertiary/aromatic N) is 2. The van der Waals surface area contributed by atoms with Gasteiger partial charge in [0.2, 0.25) is 0 Å². The van der Waals surface area contributed by atoms with Crippen LogP contribution in [0.15, 0.2) is 60.0 Å². The summed E-state index contributed by atoms with van der Waals surface area (Å²) >= 11 is 1.24. The average molecular weight is 496 g/mol. The third-order valence-corrected chi connectivity index (χ3v) is 6.81. The summed E-state index contributed by atoms with van der Waals surface area (Å²) < 4.78 is 10.7. The molecule has 0 fully saturated rings. The van der Waals surface area contributed by atoms with Crippen LogP contribution >= 0.6 is 11.3 Å². The second-order valence-corrected chi connectivity index (χ2v) is 9.09. The first-order chi connectivity index (χ1) is 17.6. The molecule has 4 aromatic rings. The van der Waals surface area contributed by atoms with Crippen molar-refractivity contribution in [2.45, 2.75) is 12.8 Å². The number of benzene rings is 2. The summed E-state index contributed by atoms with van der Waals surface area (Å²) in [4.78, 5) is 30.5. The number of amides is 1. The molecule has 2 aromatic carbocycles. The van der Waals surface area contributed by atoms with E-state index in [4.69, 9.17) is 19.7 Å². The molecule has 7 nitrogen and oxygen atoms in total. The van der Waals surface area contributed by atoms with Crippen molar-refractivity contribution in [1.82, 2.24) is 4.98 Å². The average Bonchev–Trinajstić information content (AvgIpc) is 3.52. The molecule has 0 atom stereocenters. The van der Waals surface area contributed by atoms with Gasteiger partial charge in [0.05, 0.1) is 29.4 Å². The number of methoxy groups -OCH3 is 1. The van der Waals surface area contributed by atoms with E-state index in [9.17, 15) is 9.59 Å². The number of nitrogens with one attached hydrogen (secondary N) is 1. The predicted octanol–water partition coefficient (Wildman–Crippen LogP) is 5.46. The number of allylic oxidation sites excluding steroid dienone is 1. The highest BCUT2D eigenvalue weighted by atomic mass is 32.1. The number of nitriles is 1. The van der Waals surface area contributed by atoms with Gasteiger partial charge in [0.15, 0.2) is 6.61 Å². The van der Waals surface area contributed by atoms with Crippen molar-refractivity contribution in [2.75, 3.05) is 19.0 Å².